The molecule has 2 amide bonds. The molecule has 0 unspecified atom stereocenters. The first kappa shape index (κ1) is 22.0. The summed E-state index contributed by atoms with van der Waals surface area (Å²) in [6, 6.07) is 13.8. The smallest absolute Gasteiger partial charge is 0.259 e. The van der Waals surface area contributed by atoms with Gasteiger partial charge in [0.05, 0.1) is 18.2 Å². The number of rotatable bonds is 5. The standard InChI is InChI=1S/C25H25FN2O3S/c1-16-21(25(30)28-13-7-4-8-14-28)24(32-22(16)17-9-5-3-6-10-17)27-23(29)19-12-11-18(31-2)15-20(19)26/h3,5-6,9-12,15H,4,7-8,13-14H2,1-2H3,(H,27,29). The number of piperidine rings is 1. The molecule has 0 saturated carbocycles. The number of amides is 2. The molecule has 1 fully saturated rings. The second-order valence-electron chi connectivity index (χ2n) is 7.78. The van der Waals surface area contributed by atoms with Crippen molar-refractivity contribution in [3.8, 4) is 16.2 Å². The van der Waals surface area contributed by atoms with Crippen LogP contribution in [0, 0.1) is 12.7 Å². The molecule has 2 aromatic carbocycles. The van der Waals surface area contributed by atoms with Crippen LogP contribution in [0.4, 0.5) is 9.39 Å². The number of halogens is 1. The Morgan fingerprint density at radius 2 is 1.78 bits per heavy atom. The van der Waals surface area contributed by atoms with Gasteiger partial charge in [-0.3, -0.25) is 9.59 Å². The Morgan fingerprint density at radius 3 is 2.44 bits per heavy atom. The average molecular weight is 453 g/mol. The van der Waals surface area contributed by atoms with Gasteiger partial charge in [0, 0.05) is 24.0 Å². The number of carbonyl (C=O) groups is 2. The summed E-state index contributed by atoms with van der Waals surface area (Å²) in [4.78, 5) is 29.1. The Bertz CT molecular complexity index is 1140. The molecular formula is C25H25FN2O3S. The van der Waals surface area contributed by atoms with Crippen molar-refractivity contribution < 1.29 is 18.7 Å². The maximum atomic E-state index is 14.5. The van der Waals surface area contributed by atoms with E-state index in [2.05, 4.69) is 5.32 Å². The number of hydrogen-bond donors (Lipinski definition) is 1. The molecule has 0 bridgehead atoms. The topological polar surface area (TPSA) is 58.6 Å². The van der Waals surface area contributed by atoms with Gasteiger partial charge in [-0.15, -0.1) is 11.3 Å². The monoisotopic (exact) mass is 452 g/mol. The van der Waals surface area contributed by atoms with E-state index in [1.165, 1.54) is 36.6 Å². The molecule has 3 aromatic rings. The number of anilines is 1. The molecule has 1 aromatic heterocycles. The summed E-state index contributed by atoms with van der Waals surface area (Å²) in [5, 5.41) is 3.25. The molecular weight excluding hydrogens is 427 g/mol. The van der Waals surface area contributed by atoms with Gasteiger partial charge in [0.2, 0.25) is 0 Å². The molecule has 2 heterocycles. The highest BCUT2D eigenvalue weighted by Crippen LogP contribution is 2.41. The quantitative estimate of drug-likeness (QED) is 0.536. The molecule has 0 atom stereocenters. The maximum absolute atomic E-state index is 14.5. The number of methoxy groups -OCH3 is 1. The Labute approximate surface area is 190 Å². The van der Waals surface area contributed by atoms with Crippen molar-refractivity contribution in [2.75, 3.05) is 25.5 Å². The zero-order valence-corrected chi connectivity index (χ0v) is 18.9. The molecule has 1 N–H and O–H groups in total. The van der Waals surface area contributed by atoms with Crippen molar-refractivity contribution >= 4 is 28.2 Å². The summed E-state index contributed by atoms with van der Waals surface area (Å²) < 4.78 is 19.5. The molecule has 1 saturated heterocycles. The van der Waals surface area contributed by atoms with E-state index in [1.54, 1.807) is 0 Å². The summed E-state index contributed by atoms with van der Waals surface area (Å²) in [5.74, 6) is -1.04. The molecule has 7 heteroatoms. The van der Waals surface area contributed by atoms with Crippen molar-refractivity contribution in [1.82, 2.24) is 4.90 Å². The molecule has 0 aliphatic carbocycles. The zero-order chi connectivity index (χ0) is 22.7. The number of nitrogens with zero attached hydrogens (tertiary/aromatic N) is 1. The van der Waals surface area contributed by atoms with Gasteiger partial charge in [0.1, 0.15) is 16.6 Å². The van der Waals surface area contributed by atoms with Gasteiger partial charge in [0.25, 0.3) is 11.8 Å². The minimum absolute atomic E-state index is 0.0915. The molecule has 4 rings (SSSR count). The molecule has 32 heavy (non-hydrogen) atoms. The SMILES string of the molecule is COc1ccc(C(=O)Nc2sc(-c3ccccc3)c(C)c2C(=O)N2CCCCC2)c(F)c1. The lowest BCUT2D eigenvalue weighted by Gasteiger charge is -2.27. The first-order valence-electron chi connectivity index (χ1n) is 10.6. The summed E-state index contributed by atoms with van der Waals surface area (Å²) in [5.41, 5.74) is 2.17. The van der Waals surface area contributed by atoms with Gasteiger partial charge in [-0.1, -0.05) is 30.3 Å². The zero-order valence-electron chi connectivity index (χ0n) is 18.1. The van der Waals surface area contributed by atoms with Gasteiger partial charge >= 0.3 is 0 Å². The third-order valence-electron chi connectivity index (χ3n) is 5.69. The maximum Gasteiger partial charge on any atom is 0.259 e. The van der Waals surface area contributed by atoms with Crippen molar-refractivity contribution in [2.45, 2.75) is 26.2 Å². The number of thiophene rings is 1. The fraction of sp³-hybridized carbons (Fsp3) is 0.280. The molecule has 5 nitrogen and oxygen atoms in total. The van der Waals surface area contributed by atoms with E-state index < -0.39 is 11.7 Å². The number of benzene rings is 2. The predicted octanol–water partition coefficient (Wildman–Crippen LogP) is 5.75. The van der Waals surface area contributed by atoms with Crippen LogP contribution in [-0.2, 0) is 0 Å². The summed E-state index contributed by atoms with van der Waals surface area (Å²) in [6.07, 6.45) is 3.06. The molecule has 0 radical (unpaired) electrons. The minimum Gasteiger partial charge on any atom is -0.497 e. The van der Waals surface area contributed by atoms with Gasteiger partial charge < -0.3 is 15.0 Å². The lowest BCUT2D eigenvalue weighted by molar-refractivity contribution is 0.0725. The average Bonchev–Trinajstić information content (AvgIpc) is 3.14. The van der Waals surface area contributed by atoms with Gasteiger partial charge in [-0.05, 0) is 49.4 Å². The number of ether oxygens (including phenoxy) is 1. The van der Waals surface area contributed by atoms with E-state index in [1.807, 2.05) is 42.2 Å². The first-order chi connectivity index (χ1) is 15.5. The van der Waals surface area contributed by atoms with Crippen molar-refractivity contribution in [3.63, 3.8) is 0 Å². The predicted molar refractivity (Wildman–Crippen MR) is 125 cm³/mol. The Kier molecular flexibility index (Phi) is 6.55. The molecule has 0 spiro atoms. The normalized spacial score (nSPS) is 13.7. The van der Waals surface area contributed by atoms with Crippen molar-refractivity contribution in [1.29, 1.82) is 0 Å². The van der Waals surface area contributed by atoms with Gasteiger partial charge in [-0.25, -0.2) is 4.39 Å². The highest BCUT2D eigenvalue weighted by Gasteiger charge is 2.28. The number of likely N-dealkylation sites (tertiary alicyclic amines) is 1. The lowest BCUT2D eigenvalue weighted by Crippen LogP contribution is -2.36. The second kappa shape index (κ2) is 9.53. The van der Waals surface area contributed by atoms with E-state index >= 15 is 0 Å². The van der Waals surface area contributed by atoms with Crippen LogP contribution in [0.15, 0.2) is 48.5 Å². The summed E-state index contributed by atoms with van der Waals surface area (Å²) in [7, 11) is 1.44. The van der Waals surface area contributed by atoms with E-state index in [0.29, 0.717) is 29.4 Å². The van der Waals surface area contributed by atoms with E-state index in [9.17, 15) is 14.0 Å². The Balaban J connectivity index is 1.72. The van der Waals surface area contributed by atoms with Crippen molar-refractivity contribution in [2.24, 2.45) is 0 Å². The minimum atomic E-state index is -0.678. The molecule has 1 aliphatic rings. The Hall–Kier alpha value is -3.19. The molecule has 1 aliphatic heterocycles. The Morgan fingerprint density at radius 1 is 1.06 bits per heavy atom. The highest BCUT2D eigenvalue weighted by atomic mass is 32.1. The van der Waals surface area contributed by atoms with E-state index in [4.69, 9.17) is 4.74 Å². The largest absolute Gasteiger partial charge is 0.497 e. The van der Waals surface area contributed by atoms with Crippen LogP contribution in [0.3, 0.4) is 0 Å². The molecule has 166 valence electrons. The van der Waals surface area contributed by atoms with E-state index in [0.717, 1.165) is 35.3 Å². The number of hydrogen-bond acceptors (Lipinski definition) is 4. The second-order valence-corrected chi connectivity index (χ2v) is 8.80. The third-order valence-corrected chi connectivity index (χ3v) is 6.94. The fourth-order valence-corrected chi connectivity index (χ4v) is 5.16. The summed E-state index contributed by atoms with van der Waals surface area (Å²) >= 11 is 1.34. The van der Waals surface area contributed by atoms with Crippen LogP contribution in [0.5, 0.6) is 5.75 Å². The number of carbonyl (C=O) groups excluding carboxylic acids is 2. The third kappa shape index (κ3) is 4.39. The van der Waals surface area contributed by atoms with Crippen LogP contribution in [0.25, 0.3) is 10.4 Å². The highest BCUT2D eigenvalue weighted by molar-refractivity contribution is 7.20. The van der Waals surface area contributed by atoms with Crippen LogP contribution in [0.1, 0.15) is 45.5 Å². The van der Waals surface area contributed by atoms with E-state index in [-0.39, 0.29) is 11.5 Å². The lowest BCUT2D eigenvalue weighted by atomic mass is 10.0. The summed E-state index contributed by atoms with van der Waals surface area (Å²) in [6.45, 7) is 3.31. The van der Waals surface area contributed by atoms with Gasteiger partial charge in [0.15, 0.2) is 0 Å². The van der Waals surface area contributed by atoms with Crippen molar-refractivity contribution in [3.05, 3.63) is 71.0 Å². The van der Waals surface area contributed by atoms with Gasteiger partial charge in [-0.2, -0.15) is 0 Å². The number of nitrogens with one attached hydrogen (secondary N) is 1. The van der Waals surface area contributed by atoms with Crippen LogP contribution in [0.2, 0.25) is 0 Å². The van der Waals surface area contributed by atoms with Crippen LogP contribution >= 0.6 is 11.3 Å². The first-order valence-corrected chi connectivity index (χ1v) is 11.4. The van der Waals surface area contributed by atoms with Crippen LogP contribution < -0.4 is 10.1 Å². The van der Waals surface area contributed by atoms with Crippen LogP contribution in [-0.4, -0.2) is 36.9 Å². The fourth-order valence-electron chi connectivity index (χ4n) is 3.96.